The van der Waals surface area contributed by atoms with Crippen molar-refractivity contribution >= 4 is 9.84 Å². The van der Waals surface area contributed by atoms with Gasteiger partial charge in [0.2, 0.25) is 0 Å². The van der Waals surface area contributed by atoms with E-state index in [-0.39, 0.29) is 5.75 Å². The maximum Gasteiger partial charge on any atom is 0.194 e. The molecule has 2 heterocycles. The zero-order valence-corrected chi connectivity index (χ0v) is 12.5. The first-order valence-corrected chi connectivity index (χ1v) is 9.26. The van der Waals surface area contributed by atoms with Crippen molar-refractivity contribution in [3.05, 3.63) is 17.8 Å². The molecule has 1 saturated heterocycles. The molecular weight excluding hydrogens is 276 g/mol. The lowest BCUT2D eigenvalue weighted by Gasteiger charge is -2.19. The second kappa shape index (κ2) is 5.85. The molecule has 0 bridgehead atoms. The number of oxazole rings is 1. The number of sulfone groups is 1. The molecule has 112 valence electrons. The largest absolute Gasteiger partial charge is 0.444 e. The van der Waals surface area contributed by atoms with E-state index in [1.807, 2.05) is 0 Å². The minimum atomic E-state index is -3.04. The quantitative estimate of drug-likeness (QED) is 0.813. The minimum absolute atomic E-state index is 0.277. The van der Waals surface area contributed by atoms with Crippen molar-refractivity contribution in [2.45, 2.75) is 56.2 Å². The van der Waals surface area contributed by atoms with E-state index in [2.05, 4.69) is 10.3 Å². The fourth-order valence-corrected chi connectivity index (χ4v) is 4.58. The molecule has 1 aliphatic carbocycles. The molecule has 2 aliphatic rings. The van der Waals surface area contributed by atoms with Gasteiger partial charge >= 0.3 is 0 Å². The normalized spacial score (nSPS) is 25.7. The van der Waals surface area contributed by atoms with E-state index in [1.54, 1.807) is 6.20 Å². The Morgan fingerprint density at radius 1 is 1.30 bits per heavy atom. The molecule has 1 N–H and O–H groups in total. The zero-order valence-electron chi connectivity index (χ0n) is 11.7. The number of hydrogen-bond acceptors (Lipinski definition) is 5. The molecule has 1 aliphatic heterocycles. The van der Waals surface area contributed by atoms with Gasteiger partial charge in [0.15, 0.2) is 15.7 Å². The number of nitrogens with one attached hydrogen (secondary N) is 1. The van der Waals surface area contributed by atoms with E-state index < -0.39 is 15.1 Å². The molecule has 1 aromatic rings. The summed E-state index contributed by atoms with van der Waals surface area (Å²) in [6, 6.07) is 0.725. The van der Waals surface area contributed by atoms with Gasteiger partial charge in [0.25, 0.3) is 0 Å². The summed E-state index contributed by atoms with van der Waals surface area (Å²) in [5, 5.41) is 2.97. The van der Waals surface area contributed by atoms with E-state index in [0.29, 0.717) is 18.1 Å². The lowest BCUT2D eigenvalue weighted by molar-refractivity contribution is 0.424. The summed E-state index contributed by atoms with van der Waals surface area (Å²) < 4.78 is 29.7. The van der Waals surface area contributed by atoms with Gasteiger partial charge in [0.05, 0.1) is 11.9 Å². The van der Waals surface area contributed by atoms with Crippen LogP contribution in [0.2, 0.25) is 0 Å². The standard InChI is InChI=1S/C14H22N2O3S/c17-20(18)9-2-1-4-13(20)12-10-16-14(19-12)5-3-8-15-11-6-7-11/h10-11,13,15H,1-9H2. The summed E-state index contributed by atoms with van der Waals surface area (Å²) in [6.07, 6.45) is 8.33. The van der Waals surface area contributed by atoms with Crippen LogP contribution in [0.15, 0.2) is 10.6 Å². The van der Waals surface area contributed by atoms with Crippen LogP contribution < -0.4 is 5.32 Å². The Kier molecular flexibility index (Phi) is 4.12. The average molecular weight is 298 g/mol. The van der Waals surface area contributed by atoms with Gasteiger partial charge in [-0.3, -0.25) is 0 Å². The lowest BCUT2D eigenvalue weighted by Crippen LogP contribution is -2.21. The van der Waals surface area contributed by atoms with E-state index in [0.717, 1.165) is 38.3 Å². The van der Waals surface area contributed by atoms with Crippen molar-refractivity contribution in [1.29, 1.82) is 0 Å². The SMILES string of the molecule is O=S1(=O)CCCCC1c1cnc(CCCNC2CC2)o1. The van der Waals surface area contributed by atoms with Crippen molar-refractivity contribution in [2.75, 3.05) is 12.3 Å². The third kappa shape index (κ3) is 3.41. The third-order valence-corrected chi connectivity index (χ3v) is 6.24. The summed E-state index contributed by atoms with van der Waals surface area (Å²) in [7, 11) is -3.04. The molecule has 0 amide bonds. The van der Waals surface area contributed by atoms with Gasteiger partial charge in [-0.1, -0.05) is 6.42 Å². The Labute approximate surface area is 120 Å². The van der Waals surface area contributed by atoms with Gasteiger partial charge in [-0.25, -0.2) is 13.4 Å². The first kappa shape index (κ1) is 14.1. The number of nitrogens with zero attached hydrogens (tertiary/aromatic N) is 1. The molecule has 1 atom stereocenters. The third-order valence-electron chi connectivity index (χ3n) is 4.05. The maximum atomic E-state index is 12.0. The van der Waals surface area contributed by atoms with Gasteiger partial charge < -0.3 is 9.73 Å². The van der Waals surface area contributed by atoms with Gasteiger partial charge in [-0.15, -0.1) is 0 Å². The highest BCUT2D eigenvalue weighted by Crippen LogP contribution is 2.33. The highest BCUT2D eigenvalue weighted by molar-refractivity contribution is 7.91. The predicted octanol–water partition coefficient (Wildman–Crippen LogP) is 2.00. The Morgan fingerprint density at radius 2 is 2.15 bits per heavy atom. The Bertz CT molecular complexity index is 549. The molecule has 5 nitrogen and oxygen atoms in total. The van der Waals surface area contributed by atoms with E-state index >= 15 is 0 Å². The molecule has 0 spiro atoms. The summed E-state index contributed by atoms with van der Waals surface area (Å²) in [5.74, 6) is 1.48. The van der Waals surface area contributed by atoms with Crippen LogP contribution in [0.25, 0.3) is 0 Å². The molecule has 2 fully saturated rings. The molecule has 1 aromatic heterocycles. The van der Waals surface area contributed by atoms with Crippen molar-refractivity contribution < 1.29 is 12.8 Å². The summed E-state index contributed by atoms with van der Waals surface area (Å²) in [5.41, 5.74) is 0. The van der Waals surface area contributed by atoms with E-state index in [4.69, 9.17) is 4.42 Å². The van der Waals surface area contributed by atoms with E-state index in [1.165, 1.54) is 12.8 Å². The number of rotatable bonds is 6. The molecule has 1 unspecified atom stereocenters. The van der Waals surface area contributed by atoms with Gasteiger partial charge in [-0.05, 0) is 38.6 Å². The Morgan fingerprint density at radius 3 is 2.90 bits per heavy atom. The second-order valence-electron chi connectivity index (χ2n) is 5.84. The van der Waals surface area contributed by atoms with Crippen LogP contribution >= 0.6 is 0 Å². The summed E-state index contributed by atoms with van der Waals surface area (Å²) in [4.78, 5) is 4.23. The Hall–Kier alpha value is -0.880. The van der Waals surface area contributed by atoms with Gasteiger partial charge in [0.1, 0.15) is 11.0 Å². The minimum Gasteiger partial charge on any atom is -0.444 e. The molecule has 20 heavy (non-hydrogen) atoms. The van der Waals surface area contributed by atoms with Crippen LogP contribution in [-0.4, -0.2) is 31.7 Å². The number of aryl methyl sites for hydroxylation is 1. The molecular formula is C14H22N2O3S. The lowest BCUT2D eigenvalue weighted by atomic mass is 10.1. The van der Waals surface area contributed by atoms with Gasteiger partial charge in [-0.2, -0.15) is 0 Å². The number of hydrogen-bond donors (Lipinski definition) is 1. The number of aromatic nitrogens is 1. The summed E-state index contributed by atoms with van der Waals surface area (Å²) in [6.45, 7) is 0.976. The molecule has 0 radical (unpaired) electrons. The predicted molar refractivity (Wildman–Crippen MR) is 76.2 cm³/mol. The fourth-order valence-electron chi connectivity index (χ4n) is 2.70. The van der Waals surface area contributed by atoms with Crippen LogP contribution in [0, 0.1) is 0 Å². The van der Waals surface area contributed by atoms with Crippen molar-refractivity contribution in [1.82, 2.24) is 10.3 Å². The molecule has 0 aromatic carbocycles. The molecule has 6 heteroatoms. The zero-order chi connectivity index (χ0) is 14.0. The highest BCUT2D eigenvalue weighted by atomic mass is 32.2. The molecule has 1 saturated carbocycles. The second-order valence-corrected chi connectivity index (χ2v) is 8.14. The summed E-state index contributed by atoms with van der Waals surface area (Å²) >= 11 is 0. The van der Waals surface area contributed by atoms with Crippen LogP contribution in [0.4, 0.5) is 0 Å². The van der Waals surface area contributed by atoms with Crippen molar-refractivity contribution in [3.63, 3.8) is 0 Å². The topological polar surface area (TPSA) is 72.2 Å². The smallest absolute Gasteiger partial charge is 0.194 e. The molecule has 3 rings (SSSR count). The average Bonchev–Trinajstić information content (AvgIpc) is 3.12. The highest BCUT2D eigenvalue weighted by Gasteiger charge is 2.33. The van der Waals surface area contributed by atoms with Crippen LogP contribution in [-0.2, 0) is 16.3 Å². The first-order chi connectivity index (χ1) is 9.65. The van der Waals surface area contributed by atoms with Crippen molar-refractivity contribution in [3.8, 4) is 0 Å². The van der Waals surface area contributed by atoms with Crippen molar-refractivity contribution in [2.24, 2.45) is 0 Å². The van der Waals surface area contributed by atoms with Crippen LogP contribution in [0.1, 0.15) is 55.4 Å². The van der Waals surface area contributed by atoms with E-state index in [9.17, 15) is 8.42 Å². The maximum absolute atomic E-state index is 12.0. The van der Waals surface area contributed by atoms with Crippen LogP contribution in [0.3, 0.4) is 0 Å². The van der Waals surface area contributed by atoms with Crippen LogP contribution in [0.5, 0.6) is 0 Å². The Balaban J connectivity index is 1.55. The first-order valence-electron chi connectivity index (χ1n) is 7.55. The van der Waals surface area contributed by atoms with Gasteiger partial charge in [0, 0.05) is 12.5 Å². The fraction of sp³-hybridized carbons (Fsp3) is 0.786. The monoisotopic (exact) mass is 298 g/mol.